The van der Waals surface area contributed by atoms with E-state index in [2.05, 4.69) is 5.32 Å². The van der Waals surface area contributed by atoms with Gasteiger partial charge in [0.25, 0.3) is 5.91 Å². The molecule has 0 radical (unpaired) electrons. The van der Waals surface area contributed by atoms with Crippen molar-refractivity contribution in [1.29, 1.82) is 0 Å². The fraction of sp³-hybridized carbons (Fsp3) is 0.263. The predicted molar refractivity (Wildman–Crippen MR) is 87.3 cm³/mol. The van der Waals surface area contributed by atoms with E-state index >= 15 is 0 Å². The van der Waals surface area contributed by atoms with E-state index in [1.54, 1.807) is 18.2 Å². The third-order valence-corrected chi connectivity index (χ3v) is 3.83. The summed E-state index contributed by atoms with van der Waals surface area (Å²) in [5, 5.41) is 2.86. The average Bonchev–Trinajstić information content (AvgIpc) is 2.54. The first-order chi connectivity index (χ1) is 11.0. The standard InChI is InChI=1S/C19H19NO3/c1-12(2)20-18(21)14-8-9-16-15(10-14)11-17(23-19(16)22)13-6-4-3-5-7-13/h3-10,12,17H,11H2,1-2H3,(H,20,21)/t17-/m1/s1. The molecule has 23 heavy (non-hydrogen) atoms. The van der Waals surface area contributed by atoms with Gasteiger partial charge in [0.1, 0.15) is 6.10 Å². The number of rotatable bonds is 3. The number of esters is 1. The normalized spacial score (nSPS) is 16.7. The number of cyclic esters (lactones) is 1. The van der Waals surface area contributed by atoms with Gasteiger partial charge >= 0.3 is 5.97 Å². The van der Waals surface area contributed by atoms with Gasteiger partial charge in [0.2, 0.25) is 0 Å². The minimum absolute atomic E-state index is 0.0700. The van der Waals surface area contributed by atoms with Gasteiger partial charge in [-0.1, -0.05) is 30.3 Å². The lowest BCUT2D eigenvalue weighted by molar-refractivity contribution is 0.0252. The number of hydrogen-bond donors (Lipinski definition) is 1. The van der Waals surface area contributed by atoms with E-state index in [0.717, 1.165) is 11.1 Å². The zero-order chi connectivity index (χ0) is 16.4. The van der Waals surface area contributed by atoms with Gasteiger partial charge in [-0.15, -0.1) is 0 Å². The smallest absolute Gasteiger partial charge is 0.339 e. The van der Waals surface area contributed by atoms with Crippen LogP contribution in [0.2, 0.25) is 0 Å². The molecule has 3 rings (SSSR count). The highest BCUT2D eigenvalue weighted by Gasteiger charge is 2.28. The summed E-state index contributed by atoms with van der Waals surface area (Å²) >= 11 is 0. The predicted octanol–water partition coefficient (Wildman–Crippen LogP) is 3.28. The molecule has 0 spiro atoms. The zero-order valence-corrected chi connectivity index (χ0v) is 13.2. The summed E-state index contributed by atoms with van der Waals surface area (Å²) in [5.74, 6) is -0.464. The number of benzene rings is 2. The molecule has 0 saturated carbocycles. The van der Waals surface area contributed by atoms with Crippen molar-refractivity contribution in [3.63, 3.8) is 0 Å². The third-order valence-electron chi connectivity index (χ3n) is 3.83. The summed E-state index contributed by atoms with van der Waals surface area (Å²) in [7, 11) is 0. The third kappa shape index (κ3) is 3.26. The van der Waals surface area contributed by atoms with Crippen LogP contribution >= 0.6 is 0 Å². The number of hydrogen-bond acceptors (Lipinski definition) is 3. The Kier molecular flexibility index (Phi) is 4.15. The molecule has 0 saturated heterocycles. The van der Waals surface area contributed by atoms with E-state index in [0.29, 0.717) is 17.5 Å². The van der Waals surface area contributed by atoms with Crippen LogP contribution in [0.3, 0.4) is 0 Å². The molecule has 1 N–H and O–H groups in total. The lowest BCUT2D eigenvalue weighted by Crippen LogP contribution is -2.30. The first-order valence-corrected chi connectivity index (χ1v) is 7.74. The second-order valence-electron chi connectivity index (χ2n) is 6.01. The van der Waals surface area contributed by atoms with Crippen molar-refractivity contribution in [1.82, 2.24) is 5.32 Å². The highest BCUT2D eigenvalue weighted by Crippen LogP contribution is 2.31. The molecule has 4 heteroatoms. The summed E-state index contributed by atoms with van der Waals surface area (Å²) in [6.45, 7) is 3.83. The van der Waals surface area contributed by atoms with Crippen LogP contribution in [-0.2, 0) is 11.2 Å². The highest BCUT2D eigenvalue weighted by atomic mass is 16.5. The van der Waals surface area contributed by atoms with Crippen LogP contribution in [-0.4, -0.2) is 17.9 Å². The Bertz CT molecular complexity index is 738. The van der Waals surface area contributed by atoms with Crippen molar-refractivity contribution in [2.75, 3.05) is 0 Å². The van der Waals surface area contributed by atoms with E-state index in [4.69, 9.17) is 4.74 Å². The Morgan fingerprint density at radius 2 is 1.91 bits per heavy atom. The monoisotopic (exact) mass is 309 g/mol. The van der Waals surface area contributed by atoms with Crippen LogP contribution in [0.15, 0.2) is 48.5 Å². The van der Waals surface area contributed by atoms with Gasteiger partial charge in [-0.25, -0.2) is 4.79 Å². The van der Waals surface area contributed by atoms with Crippen molar-refractivity contribution >= 4 is 11.9 Å². The molecule has 2 aromatic carbocycles. The van der Waals surface area contributed by atoms with Gasteiger partial charge in [-0.05, 0) is 43.2 Å². The van der Waals surface area contributed by atoms with Crippen LogP contribution < -0.4 is 5.32 Å². The van der Waals surface area contributed by atoms with Gasteiger partial charge in [-0.2, -0.15) is 0 Å². The van der Waals surface area contributed by atoms with Crippen LogP contribution in [0.5, 0.6) is 0 Å². The maximum atomic E-state index is 12.2. The molecule has 1 aliphatic heterocycles. The Morgan fingerprint density at radius 1 is 1.17 bits per heavy atom. The van der Waals surface area contributed by atoms with Crippen molar-refractivity contribution < 1.29 is 14.3 Å². The van der Waals surface area contributed by atoms with Gasteiger partial charge in [0, 0.05) is 18.0 Å². The number of carbonyl (C=O) groups is 2. The molecule has 1 aliphatic rings. The van der Waals surface area contributed by atoms with Crippen molar-refractivity contribution in [3.8, 4) is 0 Å². The SMILES string of the molecule is CC(C)NC(=O)c1ccc2c(c1)C[C@H](c1ccccc1)OC2=O. The van der Waals surface area contributed by atoms with Crippen LogP contribution in [0.25, 0.3) is 0 Å². The largest absolute Gasteiger partial charge is 0.454 e. The van der Waals surface area contributed by atoms with Gasteiger partial charge < -0.3 is 10.1 Å². The molecule has 0 fully saturated rings. The minimum atomic E-state index is -0.337. The molecule has 0 unspecified atom stereocenters. The Labute approximate surface area is 135 Å². The molecule has 0 aromatic heterocycles. The lowest BCUT2D eigenvalue weighted by Gasteiger charge is -2.25. The molecule has 4 nitrogen and oxygen atoms in total. The second-order valence-corrected chi connectivity index (χ2v) is 6.01. The Hall–Kier alpha value is -2.62. The number of ether oxygens (including phenoxy) is 1. The molecule has 2 aromatic rings. The molecule has 1 atom stereocenters. The maximum Gasteiger partial charge on any atom is 0.339 e. The van der Waals surface area contributed by atoms with Crippen molar-refractivity contribution in [3.05, 3.63) is 70.8 Å². The van der Waals surface area contributed by atoms with E-state index < -0.39 is 0 Å². The molecule has 1 amide bonds. The van der Waals surface area contributed by atoms with Crippen LogP contribution in [0.4, 0.5) is 0 Å². The number of amides is 1. The van der Waals surface area contributed by atoms with Gasteiger partial charge in [0.05, 0.1) is 5.56 Å². The quantitative estimate of drug-likeness (QED) is 0.885. The Balaban J connectivity index is 1.90. The summed E-state index contributed by atoms with van der Waals surface area (Å²) in [4.78, 5) is 24.4. The van der Waals surface area contributed by atoms with Crippen molar-refractivity contribution in [2.45, 2.75) is 32.4 Å². The number of carbonyl (C=O) groups excluding carboxylic acids is 2. The second kappa shape index (κ2) is 6.24. The summed E-state index contributed by atoms with van der Waals surface area (Å²) in [6, 6.07) is 14.9. The summed E-state index contributed by atoms with van der Waals surface area (Å²) in [6.07, 6.45) is 0.271. The maximum absolute atomic E-state index is 12.2. The lowest BCUT2D eigenvalue weighted by atomic mass is 9.93. The van der Waals surface area contributed by atoms with Gasteiger partial charge in [0.15, 0.2) is 0 Å². The minimum Gasteiger partial charge on any atom is -0.454 e. The first kappa shape index (κ1) is 15.3. The molecule has 118 valence electrons. The van der Waals surface area contributed by atoms with Crippen LogP contribution in [0.1, 0.15) is 51.8 Å². The molecule has 1 heterocycles. The summed E-state index contributed by atoms with van der Waals surface area (Å²) in [5.41, 5.74) is 2.92. The van der Waals surface area contributed by atoms with Crippen molar-refractivity contribution in [2.24, 2.45) is 0 Å². The fourth-order valence-corrected chi connectivity index (χ4v) is 2.74. The Morgan fingerprint density at radius 3 is 2.61 bits per heavy atom. The van der Waals surface area contributed by atoms with Gasteiger partial charge in [-0.3, -0.25) is 4.79 Å². The molecule has 0 bridgehead atoms. The molecule has 0 aliphatic carbocycles. The highest BCUT2D eigenvalue weighted by molar-refractivity contribution is 5.97. The van der Waals surface area contributed by atoms with E-state index in [-0.39, 0.29) is 24.0 Å². The number of nitrogens with one attached hydrogen (secondary N) is 1. The number of fused-ring (bicyclic) bond motifs is 1. The zero-order valence-electron chi connectivity index (χ0n) is 13.2. The van der Waals surface area contributed by atoms with E-state index in [1.165, 1.54) is 0 Å². The van der Waals surface area contributed by atoms with Crippen LogP contribution in [0, 0.1) is 0 Å². The average molecular weight is 309 g/mol. The molecular weight excluding hydrogens is 290 g/mol. The first-order valence-electron chi connectivity index (χ1n) is 7.74. The topological polar surface area (TPSA) is 55.4 Å². The summed E-state index contributed by atoms with van der Waals surface area (Å²) < 4.78 is 5.52. The fourth-order valence-electron chi connectivity index (χ4n) is 2.74. The van der Waals surface area contributed by atoms with E-state index in [1.807, 2.05) is 44.2 Å². The van der Waals surface area contributed by atoms with E-state index in [9.17, 15) is 9.59 Å². The molecular formula is C19H19NO3.